The van der Waals surface area contributed by atoms with Gasteiger partial charge in [0.25, 0.3) is 0 Å². The first kappa shape index (κ1) is 4.68. The van der Waals surface area contributed by atoms with Crippen LogP contribution in [0, 0.1) is 4.91 Å². The summed E-state index contributed by atoms with van der Waals surface area (Å²) in [6.07, 6.45) is 1.05. The van der Waals surface area contributed by atoms with Crippen LogP contribution >= 0.6 is 0 Å². The van der Waals surface area contributed by atoms with E-state index in [4.69, 9.17) is 0 Å². The lowest BCUT2D eigenvalue weighted by molar-refractivity contribution is 1.51. The number of nitrogens with zero attached hydrogens (tertiary/aromatic N) is 1. The maximum Gasteiger partial charge on any atom is 0.108 e. The highest BCUT2D eigenvalue weighted by Crippen LogP contribution is 2.30. The van der Waals surface area contributed by atoms with Crippen molar-refractivity contribution in [3.63, 3.8) is 0 Å². The maximum atomic E-state index is 9.93. The van der Waals surface area contributed by atoms with E-state index in [9.17, 15) is 4.91 Å². The van der Waals surface area contributed by atoms with Crippen LogP contribution in [-0.4, -0.2) is 0 Å². The molecule has 0 spiro atoms. The van der Waals surface area contributed by atoms with Crippen molar-refractivity contribution in [1.82, 2.24) is 0 Å². The van der Waals surface area contributed by atoms with E-state index in [0.29, 0.717) is 5.69 Å². The Kier molecular flexibility index (Phi) is 0.730. The molecule has 1 aromatic rings. The smallest absolute Gasteiger partial charge is 0.108 e. The molecule has 0 bridgehead atoms. The van der Waals surface area contributed by atoms with Gasteiger partial charge in [0, 0.05) is 0 Å². The van der Waals surface area contributed by atoms with E-state index in [1.54, 1.807) is 6.07 Å². The fourth-order valence-corrected chi connectivity index (χ4v) is 0.940. The lowest BCUT2D eigenvalue weighted by atomic mass is 10.3. The quantitative estimate of drug-likeness (QED) is 0.528. The lowest BCUT2D eigenvalue weighted by Crippen LogP contribution is -1.56. The van der Waals surface area contributed by atoms with E-state index >= 15 is 0 Å². The molecule has 0 aromatic heterocycles. The molecule has 0 heterocycles. The maximum absolute atomic E-state index is 9.93. The average molecular weight is 119 g/mol. The van der Waals surface area contributed by atoms with Crippen LogP contribution in [0.2, 0.25) is 0 Å². The Morgan fingerprint density at radius 1 is 1.33 bits per heavy atom. The Bertz CT molecular complexity index is 268. The second kappa shape index (κ2) is 1.41. The Balaban J connectivity index is 2.55. The topological polar surface area (TPSA) is 29.4 Å². The Morgan fingerprint density at radius 3 is 2.89 bits per heavy atom. The van der Waals surface area contributed by atoms with Gasteiger partial charge in [0.2, 0.25) is 0 Å². The predicted molar refractivity (Wildman–Crippen MR) is 34.7 cm³/mol. The summed E-state index contributed by atoms with van der Waals surface area (Å²) in [7, 11) is 0. The number of nitroso groups, excluding NO2 is 1. The molecule has 0 fully saturated rings. The summed E-state index contributed by atoms with van der Waals surface area (Å²) in [4.78, 5) is 9.93. The van der Waals surface area contributed by atoms with Gasteiger partial charge in [0.1, 0.15) is 5.69 Å². The monoisotopic (exact) mass is 119 g/mol. The third-order valence-electron chi connectivity index (χ3n) is 1.55. The van der Waals surface area contributed by atoms with Crippen LogP contribution in [0.4, 0.5) is 5.69 Å². The number of rotatable bonds is 1. The Labute approximate surface area is 52.5 Å². The van der Waals surface area contributed by atoms with Crippen molar-refractivity contribution in [2.75, 3.05) is 0 Å². The molecule has 0 saturated carbocycles. The first-order valence-corrected chi connectivity index (χ1v) is 2.85. The molecule has 44 valence electrons. The van der Waals surface area contributed by atoms with Gasteiger partial charge in [-0.25, -0.2) is 0 Å². The zero-order valence-electron chi connectivity index (χ0n) is 4.79. The molecule has 0 N–H and O–H groups in total. The van der Waals surface area contributed by atoms with Gasteiger partial charge in [0.15, 0.2) is 0 Å². The largest absolute Gasteiger partial charge is 0.145 e. The van der Waals surface area contributed by atoms with Crippen LogP contribution in [0.1, 0.15) is 11.1 Å². The summed E-state index contributed by atoms with van der Waals surface area (Å²) < 4.78 is 0. The predicted octanol–water partition coefficient (Wildman–Crippen LogP) is 1.99. The van der Waals surface area contributed by atoms with E-state index in [2.05, 4.69) is 5.18 Å². The summed E-state index contributed by atoms with van der Waals surface area (Å²) in [6.45, 7) is 0. The van der Waals surface area contributed by atoms with Gasteiger partial charge in [-0.15, -0.1) is 4.91 Å². The van der Waals surface area contributed by atoms with Gasteiger partial charge < -0.3 is 0 Å². The molecule has 0 unspecified atom stereocenters. The number of benzene rings is 1. The van der Waals surface area contributed by atoms with Crippen molar-refractivity contribution in [3.8, 4) is 0 Å². The first-order chi connectivity index (χ1) is 4.40. The molecule has 2 heteroatoms. The lowest BCUT2D eigenvalue weighted by Gasteiger charge is -1.80. The van der Waals surface area contributed by atoms with Crippen LogP contribution in [0.3, 0.4) is 0 Å². The average Bonchev–Trinajstić information content (AvgIpc) is 2.64. The molecular weight excluding hydrogens is 114 g/mol. The minimum atomic E-state index is 0.547. The molecule has 0 amide bonds. The summed E-state index contributed by atoms with van der Waals surface area (Å²) in [5.74, 6) is 0. The SMILES string of the molecule is O=Nc1ccc2c(c1)C2. The van der Waals surface area contributed by atoms with Crippen molar-refractivity contribution in [2.45, 2.75) is 6.42 Å². The fraction of sp³-hybridized carbons (Fsp3) is 0.143. The first-order valence-electron chi connectivity index (χ1n) is 2.85. The summed E-state index contributed by atoms with van der Waals surface area (Å²) >= 11 is 0. The molecule has 2 nitrogen and oxygen atoms in total. The van der Waals surface area contributed by atoms with Crippen molar-refractivity contribution < 1.29 is 0 Å². The van der Waals surface area contributed by atoms with E-state index in [1.165, 1.54) is 11.1 Å². The molecule has 0 saturated heterocycles. The normalized spacial score (nSPS) is 12.4. The van der Waals surface area contributed by atoms with E-state index < -0.39 is 0 Å². The van der Waals surface area contributed by atoms with Crippen LogP contribution in [0.25, 0.3) is 0 Å². The second-order valence-electron chi connectivity index (χ2n) is 2.22. The number of fused-ring (bicyclic) bond motifs is 1. The van der Waals surface area contributed by atoms with E-state index in [1.807, 2.05) is 12.1 Å². The standard InChI is InChI=1S/C7H5NO/c9-8-7-2-1-5-3-6(5)4-7/h1-2,4H,3H2. The molecule has 0 aliphatic heterocycles. The van der Waals surface area contributed by atoms with Gasteiger partial charge in [-0.3, -0.25) is 0 Å². The molecule has 1 aromatic carbocycles. The Morgan fingerprint density at radius 2 is 2.22 bits per heavy atom. The van der Waals surface area contributed by atoms with Crippen molar-refractivity contribution in [2.24, 2.45) is 5.18 Å². The van der Waals surface area contributed by atoms with E-state index in [0.717, 1.165) is 6.42 Å². The molecular formula is C7H5NO. The minimum Gasteiger partial charge on any atom is -0.145 e. The molecule has 2 rings (SSSR count). The zero-order chi connectivity index (χ0) is 6.27. The highest BCUT2D eigenvalue weighted by Gasteiger charge is 2.15. The molecule has 0 radical (unpaired) electrons. The summed E-state index contributed by atoms with van der Waals surface area (Å²) in [5, 5.41) is 2.81. The van der Waals surface area contributed by atoms with Crippen LogP contribution in [-0.2, 0) is 6.42 Å². The van der Waals surface area contributed by atoms with Crippen molar-refractivity contribution in [3.05, 3.63) is 34.2 Å². The third kappa shape index (κ3) is 0.633. The Hall–Kier alpha value is -1.18. The van der Waals surface area contributed by atoms with Gasteiger partial charge in [-0.2, -0.15) is 0 Å². The van der Waals surface area contributed by atoms with Crippen molar-refractivity contribution in [1.29, 1.82) is 0 Å². The fourth-order valence-electron chi connectivity index (χ4n) is 0.940. The third-order valence-corrected chi connectivity index (χ3v) is 1.55. The molecule has 0 atom stereocenters. The minimum absolute atomic E-state index is 0.547. The van der Waals surface area contributed by atoms with E-state index in [-0.39, 0.29) is 0 Å². The van der Waals surface area contributed by atoms with Crippen molar-refractivity contribution >= 4 is 5.69 Å². The summed E-state index contributed by atoms with van der Waals surface area (Å²) in [6, 6.07) is 5.53. The van der Waals surface area contributed by atoms with Gasteiger partial charge in [-0.1, -0.05) is 6.07 Å². The highest BCUT2D eigenvalue weighted by atomic mass is 16.3. The van der Waals surface area contributed by atoms with Crippen LogP contribution in [0.15, 0.2) is 23.4 Å². The zero-order valence-corrected chi connectivity index (χ0v) is 4.79. The number of hydrogen-bond acceptors (Lipinski definition) is 2. The molecule has 1 aliphatic carbocycles. The van der Waals surface area contributed by atoms with Gasteiger partial charge >= 0.3 is 0 Å². The number of hydrogen-bond donors (Lipinski definition) is 0. The highest BCUT2D eigenvalue weighted by molar-refractivity contribution is 5.53. The van der Waals surface area contributed by atoms with Gasteiger partial charge in [-0.05, 0) is 34.9 Å². The van der Waals surface area contributed by atoms with Crippen LogP contribution < -0.4 is 0 Å². The summed E-state index contributed by atoms with van der Waals surface area (Å²) in [5.41, 5.74) is 3.17. The second-order valence-corrected chi connectivity index (χ2v) is 2.22. The van der Waals surface area contributed by atoms with Crippen LogP contribution in [0.5, 0.6) is 0 Å². The van der Waals surface area contributed by atoms with Gasteiger partial charge in [0.05, 0.1) is 0 Å². The molecule has 1 aliphatic rings. The molecule has 9 heavy (non-hydrogen) atoms.